The highest BCUT2D eigenvalue weighted by Crippen LogP contribution is 2.35. The van der Waals surface area contributed by atoms with E-state index in [1.54, 1.807) is 23.0 Å². The van der Waals surface area contributed by atoms with Crippen LogP contribution in [0.2, 0.25) is 0 Å². The molecule has 37 heavy (non-hydrogen) atoms. The fraction of sp³-hybridized carbons (Fsp3) is 0.423. The van der Waals surface area contributed by atoms with E-state index in [-0.39, 0.29) is 17.4 Å². The lowest BCUT2D eigenvalue weighted by molar-refractivity contribution is 0.162. The summed E-state index contributed by atoms with van der Waals surface area (Å²) in [5.74, 6) is 1.51. The molecule has 0 amide bonds. The molecule has 4 heterocycles. The molecule has 0 unspecified atom stereocenters. The van der Waals surface area contributed by atoms with Crippen molar-refractivity contribution in [2.75, 3.05) is 25.0 Å². The average Bonchev–Trinajstić information content (AvgIpc) is 3.66. The number of piperidine rings is 1. The molecular weight excluding hydrogens is 472 g/mol. The van der Waals surface area contributed by atoms with E-state index < -0.39 is 0 Å². The number of fused-ring (bicyclic) bond motifs is 1. The maximum atomic E-state index is 13.4. The van der Waals surface area contributed by atoms with Gasteiger partial charge in [-0.3, -0.25) is 9.36 Å². The lowest BCUT2D eigenvalue weighted by Crippen LogP contribution is -2.34. The smallest absolute Gasteiger partial charge is 0.294 e. The minimum Gasteiger partial charge on any atom is -0.490 e. The third-order valence-electron chi connectivity index (χ3n) is 6.66. The normalized spacial score (nSPS) is 16.1. The van der Waals surface area contributed by atoms with Crippen LogP contribution in [0.1, 0.15) is 44.3 Å². The number of nitrogens with one attached hydrogen (secondary N) is 2. The van der Waals surface area contributed by atoms with Gasteiger partial charge < -0.3 is 20.1 Å². The molecule has 2 aliphatic rings. The Morgan fingerprint density at radius 3 is 2.68 bits per heavy atom. The molecule has 4 aromatic rings. The zero-order chi connectivity index (χ0) is 25.2. The quantitative estimate of drug-likeness (QED) is 0.356. The van der Waals surface area contributed by atoms with Crippen molar-refractivity contribution in [1.29, 1.82) is 0 Å². The molecule has 0 bridgehead atoms. The van der Waals surface area contributed by atoms with Gasteiger partial charge in [0.1, 0.15) is 17.5 Å². The molecule has 2 N–H and O–H groups in total. The first kappa shape index (κ1) is 23.4. The molecule has 11 heteroatoms. The van der Waals surface area contributed by atoms with Gasteiger partial charge in [0.25, 0.3) is 5.56 Å². The Bertz CT molecular complexity index is 1440. The first-order valence-electron chi connectivity index (χ1n) is 12.8. The summed E-state index contributed by atoms with van der Waals surface area (Å²) in [5, 5.41) is 15.6. The molecule has 1 aliphatic carbocycles. The van der Waals surface area contributed by atoms with Gasteiger partial charge in [0, 0.05) is 17.3 Å². The van der Waals surface area contributed by atoms with E-state index in [0.29, 0.717) is 36.2 Å². The van der Waals surface area contributed by atoms with Gasteiger partial charge in [0.05, 0.1) is 31.1 Å². The monoisotopic (exact) mass is 502 g/mol. The van der Waals surface area contributed by atoms with Crippen LogP contribution in [0.25, 0.3) is 11.0 Å². The summed E-state index contributed by atoms with van der Waals surface area (Å²) in [6.07, 6.45) is 7.82. The zero-order valence-electron chi connectivity index (χ0n) is 20.8. The number of ether oxygens (including phenoxy) is 2. The standard InChI is InChI=1S/C26H30N8O3/c1-2-36-23-13-17-14-28-26(30-18-3-7-21(8-4-18)37-22-9-11-27-12-10-22)31-24(17)33(25(23)35)16-20-15-29-32-34(20)19-5-6-19/h3-4,7-8,13-15,19,22,27H,2,5-6,9-12,16H2,1H3,(H,28,30,31). The van der Waals surface area contributed by atoms with E-state index >= 15 is 0 Å². The number of benzene rings is 1. The summed E-state index contributed by atoms with van der Waals surface area (Å²) in [6, 6.07) is 9.82. The first-order valence-corrected chi connectivity index (χ1v) is 12.8. The van der Waals surface area contributed by atoms with Crippen molar-refractivity contribution in [3.8, 4) is 11.5 Å². The van der Waals surface area contributed by atoms with Crippen molar-refractivity contribution >= 4 is 22.7 Å². The minimum absolute atomic E-state index is 0.244. The Morgan fingerprint density at radius 2 is 1.92 bits per heavy atom. The Labute approximate surface area is 213 Å². The van der Waals surface area contributed by atoms with Gasteiger partial charge in [-0.2, -0.15) is 4.98 Å². The highest BCUT2D eigenvalue weighted by molar-refractivity contribution is 5.77. The topological polar surface area (TPSA) is 121 Å². The molecule has 3 aromatic heterocycles. The zero-order valence-corrected chi connectivity index (χ0v) is 20.8. The molecule has 1 aromatic carbocycles. The molecule has 0 radical (unpaired) electrons. The maximum absolute atomic E-state index is 13.4. The summed E-state index contributed by atoms with van der Waals surface area (Å²) in [5.41, 5.74) is 1.95. The minimum atomic E-state index is -0.248. The van der Waals surface area contributed by atoms with E-state index in [0.717, 1.165) is 55.9 Å². The summed E-state index contributed by atoms with van der Waals surface area (Å²) in [6.45, 7) is 4.51. The van der Waals surface area contributed by atoms with Gasteiger partial charge in [-0.1, -0.05) is 5.21 Å². The fourth-order valence-corrected chi connectivity index (χ4v) is 4.62. The lowest BCUT2D eigenvalue weighted by atomic mass is 10.1. The largest absolute Gasteiger partial charge is 0.490 e. The molecule has 2 fully saturated rings. The number of hydrogen-bond acceptors (Lipinski definition) is 9. The summed E-state index contributed by atoms with van der Waals surface area (Å²) in [7, 11) is 0. The van der Waals surface area contributed by atoms with Gasteiger partial charge in [-0.15, -0.1) is 5.10 Å². The van der Waals surface area contributed by atoms with E-state index in [1.165, 1.54) is 0 Å². The molecule has 1 aliphatic heterocycles. The molecule has 1 saturated carbocycles. The van der Waals surface area contributed by atoms with Crippen LogP contribution in [0.15, 0.2) is 47.5 Å². The van der Waals surface area contributed by atoms with Crippen LogP contribution >= 0.6 is 0 Å². The van der Waals surface area contributed by atoms with Gasteiger partial charge >= 0.3 is 0 Å². The van der Waals surface area contributed by atoms with Gasteiger partial charge in [-0.05, 0) is 76.0 Å². The number of rotatable bonds is 9. The van der Waals surface area contributed by atoms with E-state index in [9.17, 15) is 4.79 Å². The van der Waals surface area contributed by atoms with Crippen LogP contribution in [0, 0.1) is 0 Å². The van der Waals surface area contributed by atoms with Crippen LogP contribution in [-0.2, 0) is 6.54 Å². The summed E-state index contributed by atoms with van der Waals surface area (Å²) >= 11 is 0. The fourth-order valence-electron chi connectivity index (χ4n) is 4.62. The lowest BCUT2D eigenvalue weighted by Gasteiger charge is -2.23. The number of aromatic nitrogens is 6. The Kier molecular flexibility index (Phi) is 6.44. The van der Waals surface area contributed by atoms with Crippen molar-refractivity contribution in [2.24, 2.45) is 0 Å². The van der Waals surface area contributed by atoms with Gasteiger partial charge in [0.2, 0.25) is 5.95 Å². The third-order valence-corrected chi connectivity index (χ3v) is 6.66. The van der Waals surface area contributed by atoms with Crippen molar-refractivity contribution in [1.82, 2.24) is 34.8 Å². The van der Waals surface area contributed by atoms with E-state index in [4.69, 9.17) is 14.5 Å². The van der Waals surface area contributed by atoms with E-state index in [1.807, 2.05) is 35.9 Å². The Balaban J connectivity index is 1.28. The van der Waals surface area contributed by atoms with Crippen molar-refractivity contribution in [3.05, 3.63) is 58.8 Å². The number of hydrogen-bond donors (Lipinski definition) is 2. The average molecular weight is 503 g/mol. The summed E-state index contributed by atoms with van der Waals surface area (Å²) < 4.78 is 15.2. The highest BCUT2D eigenvalue weighted by Gasteiger charge is 2.27. The predicted octanol–water partition coefficient (Wildman–Crippen LogP) is 3.04. The third kappa shape index (κ3) is 5.12. The number of pyridine rings is 1. The second kappa shape index (κ2) is 10.2. The second-order valence-corrected chi connectivity index (χ2v) is 9.42. The highest BCUT2D eigenvalue weighted by atomic mass is 16.5. The second-order valence-electron chi connectivity index (χ2n) is 9.42. The Morgan fingerprint density at radius 1 is 1.11 bits per heavy atom. The SMILES string of the molecule is CCOc1cc2cnc(Nc3ccc(OC4CCNCC4)cc3)nc2n(Cc2cnnn2C2CC2)c1=O. The van der Waals surface area contributed by atoms with Crippen molar-refractivity contribution in [2.45, 2.75) is 51.3 Å². The maximum Gasteiger partial charge on any atom is 0.294 e. The van der Waals surface area contributed by atoms with Crippen molar-refractivity contribution in [3.63, 3.8) is 0 Å². The Hall–Kier alpha value is -3.99. The first-order chi connectivity index (χ1) is 18.2. The molecule has 6 rings (SSSR count). The number of nitrogens with zero attached hydrogens (tertiary/aromatic N) is 6. The van der Waals surface area contributed by atoms with Crippen LogP contribution in [-0.4, -0.2) is 55.3 Å². The molecule has 192 valence electrons. The molecule has 0 atom stereocenters. The van der Waals surface area contributed by atoms with Gasteiger partial charge in [0.15, 0.2) is 5.75 Å². The number of anilines is 2. The van der Waals surface area contributed by atoms with Crippen LogP contribution < -0.4 is 25.7 Å². The predicted molar refractivity (Wildman–Crippen MR) is 139 cm³/mol. The van der Waals surface area contributed by atoms with Crippen molar-refractivity contribution < 1.29 is 9.47 Å². The molecule has 11 nitrogen and oxygen atoms in total. The van der Waals surface area contributed by atoms with Crippen LogP contribution in [0.3, 0.4) is 0 Å². The van der Waals surface area contributed by atoms with Gasteiger partial charge in [-0.25, -0.2) is 9.67 Å². The molecule has 0 spiro atoms. The van der Waals surface area contributed by atoms with E-state index in [2.05, 4.69) is 25.9 Å². The molecular formula is C26H30N8O3. The molecule has 1 saturated heterocycles. The summed E-state index contributed by atoms with van der Waals surface area (Å²) in [4.78, 5) is 22.6. The van der Waals surface area contributed by atoms with Crippen LogP contribution in [0.5, 0.6) is 11.5 Å². The van der Waals surface area contributed by atoms with Crippen LogP contribution in [0.4, 0.5) is 11.6 Å².